The molecule has 0 aliphatic carbocycles. The molecule has 0 aromatic heterocycles. The highest BCUT2D eigenvalue weighted by molar-refractivity contribution is 7.89. The zero-order valence-corrected chi connectivity index (χ0v) is 11.0. The van der Waals surface area contributed by atoms with Crippen LogP contribution in [0.1, 0.15) is 13.3 Å². The van der Waals surface area contributed by atoms with Crippen LogP contribution in [0.5, 0.6) is 0 Å². The molecular formula is C11H16ClNO2S. The maximum absolute atomic E-state index is 12.0. The lowest BCUT2D eigenvalue weighted by molar-refractivity contribution is 0.460. The van der Waals surface area contributed by atoms with Crippen LogP contribution in [0.25, 0.3) is 0 Å². The summed E-state index contributed by atoms with van der Waals surface area (Å²) in [5.74, 6) is 0. The second-order valence-electron chi connectivity index (χ2n) is 3.71. The zero-order valence-electron chi connectivity index (χ0n) is 9.43. The lowest BCUT2D eigenvalue weighted by Gasteiger charge is -2.17. The molecule has 0 spiro atoms. The highest BCUT2D eigenvalue weighted by atomic mass is 35.5. The van der Waals surface area contributed by atoms with Gasteiger partial charge in [-0.2, -0.15) is 0 Å². The zero-order chi connectivity index (χ0) is 12.2. The summed E-state index contributed by atoms with van der Waals surface area (Å²) >= 11 is 5.80. The summed E-state index contributed by atoms with van der Waals surface area (Å²) in [7, 11) is -1.79. The summed E-state index contributed by atoms with van der Waals surface area (Å²) in [5.41, 5.74) is 0. The van der Waals surface area contributed by atoms with Crippen molar-refractivity contribution in [3.63, 3.8) is 0 Å². The summed E-state index contributed by atoms with van der Waals surface area (Å²) in [6.45, 7) is 2.28. The van der Waals surface area contributed by atoms with Gasteiger partial charge in [0.2, 0.25) is 10.0 Å². The van der Waals surface area contributed by atoms with E-state index in [2.05, 4.69) is 0 Å². The summed E-state index contributed by atoms with van der Waals surface area (Å²) in [4.78, 5) is 0.319. The largest absolute Gasteiger partial charge is 0.242 e. The molecule has 0 bridgehead atoms. The molecule has 0 aliphatic heterocycles. The number of alkyl halides is 1. The monoisotopic (exact) mass is 261 g/mol. The molecule has 1 rings (SSSR count). The Morgan fingerprint density at radius 2 is 1.88 bits per heavy atom. The van der Waals surface area contributed by atoms with E-state index in [-0.39, 0.29) is 5.38 Å². The van der Waals surface area contributed by atoms with Gasteiger partial charge in [0.25, 0.3) is 0 Å². The van der Waals surface area contributed by atoms with Crippen molar-refractivity contribution in [1.29, 1.82) is 0 Å². The molecule has 0 aliphatic rings. The van der Waals surface area contributed by atoms with Crippen molar-refractivity contribution in [2.45, 2.75) is 23.6 Å². The number of benzene rings is 1. The maximum Gasteiger partial charge on any atom is 0.242 e. The van der Waals surface area contributed by atoms with Gasteiger partial charge in [0, 0.05) is 19.0 Å². The second-order valence-corrected chi connectivity index (χ2v) is 6.50. The van der Waals surface area contributed by atoms with Crippen molar-refractivity contribution in [3.8, 4) is 0 Å². The third-order valence-corrected chi connectivity index (χ3v) is 4.38. The summed E-state index contributed by atoms with van der Waals surface area (Å²) in [5, 5.41) is -0.0200. The van der Waals surface area contributed by atoms with E-state index in [1.165, 1.54) is 4.31 Å². The van der Waals surface area contributed by atoms with Gasteiger partial charge in [0.05, 0.1) is 4.90 Å². The molecule has 1 unspecified atom stereocenters. The van der Waals surface area contributed by atoms with E-state index in [1.54, 1.807) is 37.4 Å². The van der Waals surface area contributed by atoms with Crippen molar-refractivity contribution in [3.05, 3.63) is 30.3 Å². The third kappa shape index (κ3) is 3.47. The summed E-state index contributed by atoms with van der Waals surface area (Å²) < 4.78 is 25.4. The van der Waals surface area contributed by atoms with Gasteiger partial charge >= 0.3 is 0 Å². The first-order valence-corrected chi connectivity index (χ1v) is 6.97. The van der Waals surface area contributed by atoms with Crippen LogP contribution in [-0.2, 0) is 10.0 Å². The number of nitrogens with zero attached hydrogens (tertiary/aromatic N) is 1. The first-order chi connectivity index (χ1) is 7.44. The van der Waals surface area contributed by atoms with Gasteiger partial charge in [0.15, 0.2) is 0 Å². The molecule has 0 radical (unpaired) electrons. The molecule has 3 nitrogen and oxygen atoms in total. The van der Waals surface area contributed by atoms with Gasteiger partial charge in [-0.15, -0.1) is 11.6 Å². The van der Waals surface area contributed by atoms with Crippen LogP contribution in [0.15, 0.2) is 35.2 Å². The topological polar surface area (TPSA) is 37.4 Å². The first-order valence-electron chi connectivity index (χ1n) is 5.10. The van der Waals surface area contributed by atoms with Crippen LogP contribution < -0.4 is 0 Å². The quantitative estimate of drug-likeness (QED) is 0.763. The van der Waals surface area contributed by atoms with Crippen LogP contribution >= 0.6 is 11.6 Å². The fraction of sp³-hybridized carbons (Fsp3) is 0.455. The Bertz CT molecular complexity index is 417. The van der Waals surface area contributed by atoms with Gasteiger partial charge in [-0.3, -0.25) is 0 Å². The van der Waals surface area contributed by atoms with Crippen LogP contribution in [0.2, 0.25) is 0 Å². The number of halogens is 1. The molecular weight excluding hydrogens is 246 g/mol. The molecule has 1 aromatic carbocycles. The molecule has 5 heteroatoms. The van der Waals surface area contributed by atoms with Crippen molar-refractivity contribution < 1.29 is 8.42 Å². The van der Waals surface area contributed by atoms with Gasteiger partial charge in [-0.05, 0) is 25.5 Å². The third-order valence-electron chi connectivity index (χ3n) is 2.29. The van der Waals surface area contributed by atoms with Crippen molar-refractivity contribution in [2.24, 2.45) is 0 Å². The first kappa shape index (κ1) is 13.5. The van der Waals surface area contributed by atoms with E-state index in [0.717, 1.165) is 0 Å². The normalized spacial score (nSPS) is 14.0. The predicted molar refractivity (Wildman–Crippen MR) is 66.2 cm³/mol. The van der Waals surface area contributed by atoms with Crippen LogP contribution in [0.3, 0.4) is 0 Å². The van der Waals surface area contributed by atoms with Gasteiger partial charge in [-0.25, -0.2) is 12.7 Å². The fourth-order valence-electron chi connectivity index (χ4n) is 1.25. The SMILES string of the molecule is CC(Cl)CCN(C)S(=O)(=O)c1ccccc1. The second kappa shape index (κ2) is 5.66. The average molecular weight is 262 g/mol. The van der Waals surface area contributed by atoms with Crippen LogP contribution in [0, 0.1) is 0 Å². The van der Waals surface area contributed by atoms with Crippen LogP contribution in [-0.4, -0.2) is 31.7 Å². The van der Waals surface area contributed by atoms with Crippen molar-refractivity contribution in [2.75, 3.05) is 13.6 Å². The number of rotatable bonds is 5. The molecule has 0 fully saturated rings. The lowest BCUT2D eigenvalue weighted by Crippen LogP contribution is -2.28. The van der Waals surface area contributed by atoms with E-state index < -0.39 is 10.0 Å². The van der Waals surface area contributed by atoms with Gasteiger partial charge < -0.3 is 0 Å². The minimum Gasteiger partial charge on any atom is -0.207 e. The van der Waals surface area contributed by atoms with Crippen molar-refractivity contribution in [1.82, 2.24) is 4.31 Å². The number of hydrogen-bond donors (Lipinski definition) is 0. The molecule has 0 N–H and O–H groups in total. The Morgan fingerprint density at radius 1 is 1.31 bits per heavy atom. The molecule has 90 valence electrons. The van der Waals surface area contributed by atoms with E-state index in [4.69, 9.17) is 11.6 Å². The molecule has 0 amide bonds. The molecule has 1 atom stereocenters. The van der Waals surface area contributed by atoms with E-state index in [9.17, 15) is 8.42 Å². The highest BCUT2D eigenvalue weighted by Crippen LogP contribution is 2.14. The van der Waals surface area contributed by atoms with E-state index in [1.807, 2.05) is 6.92 Å². The van der Waals surface area contributed by atoms with Crippen molar-refractivity contribution >= 4 is 21.6 Å². The lowest BCUT2D eigenvalue weighted by atomic mass is 10.3. The molecule has 0 saturated heterocycles. The Kier molecular flexibility index (Phi) is 4.77. The Hall–Kier alpha value is -0.580. The Morgan fingerprint density at radius 3 is 2.38 bits per heavy atom. The number of hydrogen-bond acceptors (Lipinski definition) is 2. The minimum absolute atomic E-state index is 0.0200. The molecule has 1 aromatic rings. The molecule has 0 saturated carbocycles. The van der Waals surface area contributed by atoms with E-state index >= 15 is 0 Å². The fourth-order valence-corrected chi connectivity index (χ4v) is 2.56. The average Bonchev–Trinajstić information content (AvgIpc) is 2.27. The van der Waals surface area contributed by atoms with E-state index in [0.29, 0.717) is 17.9 Å². The number of sulfonamides is 1. The molecule has 16 heavy (non-hydrogen) atoms. The minimum atomic E-state index is -3.36. The molecule has 0 heterocycles. The Labute approximate surface area is 102 Å². The Balaban J connectivity index is 2.79. The smallest absolute Gasteiger partial charge is 0.207 e. The predicted octanol–water partition coefficient (Wildman–Crippen LogP) is 2.32. The van der Waals surface area contributed by atoms with Gasteiger partial charge in [-0.1, -0.05) is 18.2 Å². The summed E-state index contributed by atoms with van der Waals surface area (Å²) in [6, 6.07) is 8.40. The highest BCUT2D eigenvalue weighted by Gasteiger charge is 2.19. The standard InChI is InChI=1S/C11H16ClNO2S/c1-10(12)8-9-13(2)16(14,15)11-6-4-3-5-7-11/h3-7,10H,8-9H2,1-2H3. The summed E-state index contributed by atoms with van der Waals surface area (Å²) in [6.07, 6.45) is 0.643. The van der Waals surface area contributed by atoms with Crippen LogP contribution in [0.4, 0.5) is 0 Å². The van der Waals surface area contributed by atoms with Gasteiger partial charge in [0.1, 0.15) is 0 Å². The maximum atomic E-state index is 12.0.